The van der Waals surface area contributed by atoms with Crippen LogP contribution in [0.1, 0.15) is 40.0 Å². The molecule has 2 bridgehead atoms. The summed E-state index contributed by atoms with van der Waals surface area (Å²) >= 11 is 0. The number of ether oxygens (including phenoxy) is 2. The van der Waals surface area contributed by atoms with Gasteiger partial charge in [0.25, 0.3) is 0 Å². The van der Waals surface area contributed by atoms with Crippen molar-refractivity contribution in [3.05, 3.63) is 12.7 Å². The number of esters is 1. The Hall–Kier alpha value is -0.910. The fraction of sp³-hybridized carbons (Fsp3) is 0.769. The van der Waals surface area contributed by atoms with Gasteiger partial charge in [0, 0.05) is 6.42 Å². The lowest BCUT2D eigenvalue weighted by atomic mass is 9.70. The first-order chi connectivity index (χ1) is 8.41. The third kappa shape index (κ3) is 1.77. The Balaban J connectivity index is 2.35. The van der Waals surface area contributed by atoms with Crippen LogP contribution in [0.25, 0.3) is 0 Å². The van der Waals surface area contributed by atoms with Gasteiger partial charge < -0.3 is 9.47 Å². The Bertz CT molecular complexity index is 368. The van der Waals surface area contributed by atoms with Crippen LogP contribution in [0.5, 0.6) is 0 Å². The summed E-state index contributed by atoms with van der Waals surface area (Å²) in [5.74, 6) is -2.22. The molecule has 2 fully saturated rings. The van der Waals surface area contributed by atoms with Crippen LogP contribution in [0.15, 0.2) is 12.7 Å². The van der Waals surface area contributed by atoms with Gasteiger partial charge in [-0.2, -0.15) is 9.78 Å². The lowest BCUT2D eigenvalue weighted by Crippen LogP contribution is -2.57. The minimum absolute atomic E-state index is 0.319. The monoisotopic (exact) mass is 256 g/mol. The third-order valence-corrected chi connectivity index (χ3v) is 3.82. The Morgan fingerprint density at radius 2 is 2.11 bits per heavy atom. The van der Waals surface area contributed by atoms with Gasteiger partial charge in [0.15, 0.2) is 0 Å². The van der Waals surface area contributed by atoms with Crippen LogP contribution >= 0.6 is 0 Å². The van der Waals surface area contributed by atoms with E-state index in [2.05, 4.69) is 6.58 Å². The summed E-state index contributed by atoms with van der Waals surface area (Å²) in [4.78, 5) is 22.9. The number of hydrogen-bond donors (Lipinski definition) is 0. The van der Waals surface area contributed by atoms with Gasteiger partial charge in [0.2, 0.25) is 11.6 Å². The average Bonchev–Trinajstić information content (AvgIpc) is 2.58. The molecule has 3 atom stereocenters. The zero-order chi connectivity index (χ0) is 13.4. The van der Waals surface area contributed by atoms with Gasteiger partial charge in [-0.15, -0.1) is 6.58 Å². The highest BCUT2D eigenvalue weighted by Crippen LogP contribution is 2.56. The average molecular weight is 256 g/mol. The third-order valence-electron chi connectivity index (χ3n) is 3.82. The first-order valence-electron chi connectivity index (χ1n) is 6.26. The highest BCUT2D eigenvalue weighted by Gasteiger charge is 2.67. The molecule has 0 aromatic heterocycles. The van der Waals surface area contributed by atoms with E-state index in [1.165, 1.54) is 0 Å². The molecular formula is C13H20O5. The fourth-order valence-electron chi connectivity index (χ4n) is 2.73. The molecule has 0 aromatic carbocycles. The fourth-order valence-corrected chi connectivity index (χ4v) is 2.73. The topological polar surface area (TPSA) is 54.0 Å². The van der Waals surface area contributed by atoms with E-state index in [4.69, 9.17) is 19.2 Å². The number of fused-ring (bicyclic) bond motifs is 2. The molecule has 0 saturated carbocycles. The van der Waals surface area contributed by atoms with E-state index in [0.717, 1.165) is 0 Å². The zero-order valence-electron chi connectivity index (χ0n) is 11.2. The highest BCUT2D eigenvalue weighted by molar-refractivity contribution is 5.78. The van der Waals surface area contributed by atoms with Gasteiger partial charge in [-0.1, -0.05) is 6.08 Å². The lowest BCUT2D eigenvalue weighted by Gasteiger charge is -2.44. The second kappa shape index (κ2) is 4.33. The van der Waals surface area contributed by atoms with Crippen molar-refractivity contribution in [1.29, 1.82) is 0 Å². The van der Waals surface area contributed by atoms with E-state index in [-0.39, 0.29) is 5.97 Å². The van der Waals surface area contributed by atoms with Crippen LogP contribution in [0, 0.1) is 5.41 Å². The van der Waals surface area contributed by atoms with E-state index in [9.17, 15) is 4.79 Å². The molecule has 0 radical (unpaired) electrons. The number of hydrogen-bond acceptors (Lipinski definition) is 5. The quantitative estimate of drug-likeness (QED) is 0.439. The summed E-state index contributed by atoms with van der Waals surface area (Å²) in [7, 11) is 0. The van der Waals surface area contributed by atoms with Crippen LogP contribution in [-0.4, -0.2) is 24.2 Å². The molecule has 2 aliphatic heterocycles. The van der Waals surface area contributed by atoms with Gasteiger partial charge >= 0.3 is 5.97 Å². The number of allylic oxidation sites excluding steroid dienone is 1. The Labute approximate surface area is 107 Å². The van der Waals surface area contributed by atoms with E-state index in [1.807, 2.05) is 0 Å². The van der Waals surface area contributed by atoms with Crippen molar-refractivity contribution in [3.63, 3.8) is 0 Å². The van der Waals surface area contributed by atoms with Crippen molar-refractivity contribution >= 4 is 5.97 Å². The molecule has 0 unspecified atom stereocenters. The van der Waals surface area contributed by atoms with Crippen LogP contribution in [0.3, 0.4) is 0 Å². The van der Waals surface area contributed by atoms with Crippen LogP contribution in [0.2, 0.25) is 0 Å². The SMILES string of the molecule is C=CC[C@@]1(C(=O)OCC)CC[C@]2(C)OO[C@@]1(C)O2. The summed E-state index contributed by atoms with van der Waals surface area (Å²) in [6.45, 7) is 9.35. The Morgan fingerprint density at radius 1 is 1.39 bits per heavy atom. The molecule has 0 aliphatic carbocycles. The highest BCUT2D eigenvalue weighted by atomic mass is 17.3. The molecule has 0 amide bonds. The summed E-state index contributed by atoms with van der Waals surface area (Å²) < 4.78 is 11.0. The minimum atomic E-state index is -1.12. The maximum absolute atomic E-state index is 12.3. The van der Waals surface area contributed by atoms with E-state index >= 15 is 0 Å². The minimum Gasteiger partial charge on any atom is -0.465 e. The Morgan fingerprint density at radius 3 is 2.72 bits per heavy atom. The second-order valence-corrected chi connectivity index (χ2v) is 5.14. The predicted octanol–water partition coefficient (Wildman–Crippen LogP) is 2.32. The molecule has 102 valence electrons. The molecule has 0 N–H and O–H groups in total. The standard InChI is InChI=1S/C13H20O5/c1-5-7-13(10(14)15-6-2)9-8-11(3)16-12(13,4)18-17-11/h5H,1,6-9H2,2-4H3/t11-,12+,13-/m0/s1. The largest absolute Gasteiger partial charge is 0.465 e. The molecule has 0 aromatic rings. The van der Waals surface area contributed by atoms with Crippen molar-refractivity contribution in [1.82, 2.24) is 0 Å². The van der Waals surface area contributed by atoms with Gasteiger partial charge in [-0.3, -0.25) is 4.79 Å². The summed E-state index contributed by atoms with van der Waals surface area (Å²) in [6.07, 6.45) is 3.29. The number of carbonyl (C=O) groups is 1. The van der Waals surface area contributed by atoms with E-state index in [1.54, 1.807) is 26.8 Å². The van der Waals surface area contributed by atoms with Crippen molar-refractivity contribution in [2.45, 2.75) is 51.6 Å². The van der Waals surface area contributed by atoms with E-state index in [0.29, 0.717) is 25.9 Å². The van der Waals surface area contributed by atoms with Crippen LogP contribution < -0.4 is 0 Å². The first kappa shape index (κ1) is 13.5. The molecule has 2 heterocycles. The molecule has 0 spiro atoms. The predicted molar refractivity (Wildman–Crippen MR) is 63.2 cm³/mol. The summed E-state index contributed by atoms with van der Waals surface area (Å²) in [6, 6.07) is 0. The first-order valence-corrected chi connectivity index (χ1v) is 6.26. The van der Waals surface area contributed by atoms with Crippen LogP contribution in [-0.2, 0) is 24.0 Å². The maximum Gasteiger partial charge on any atom is 0.318 e. The Kier molecular flexibility index (Phi) is 3.25. The normalized spacial score (nSPS) is 42.6. The maximum atomic E-state index is 12.3. The number of carbonyl (C=O) groups excluding carboxylic acids is 1. The van der Waals surface area contributed by atoms with Crippen molar-refractivity contribution in [2.24, 2.45) is 5.41 Å². The van der Waals surface area contributed by atoms with Gasteiger partial charge in [0.1, 0.15) is 5.41 Å². The van der Waals surface area contributed by atoms with Gasteiger partial charge in [0.05, 0.1) is 6.61 Å². The smallest absolute Gasteiger partial charge is 0.318 e. The molecule has 2 saturated heterocycles. The molecule has 5 nitrogen and oxygen atoms in total. The van der Waals surface area contributed by atoms with Gasteiger partial charge in [-0.05, 0) is 33.6 Å². The van der Waals surface area contributed by atoms with Gasteiger partial charge in [-0.25, -0.2) is 0 Å². The lowest BCUT2D eigenvalue weighted by molar-refractivity contribution is -0.352. The molecule has 18 heavy (non-hydrogen) atoms. The molecule has 2 aliphatic rings. The van der Waals surface area contributed by atoms with E-state index < -0.39 is 17.0 Å². The van der Waals surface area contributed by atoms with Crippen molar-refractivity contribution < 1.29 is 24.0 Å². The molecule has 5 heteroatoms. The van der Waals surface area contributed by atoms with Crippen molar-refractivity contribution in [3.8, 4) is 0 Å². The van der Waals surface area contributed by atoms with Crippen LogP contribution in [0.4, 0.5) is 0 Å². The zero-order valence-corrected chi connectivity index (χ0v) is 11.2. The summed E-state index contributed by atoms with van der Waals surface area (Å²) in [5, 5.41) is 0. The molecular weight excluding hydrogens is 236 g/mol. The second-order valence-electron chi connectivity index (χ2n) is 5.14. The van der Waals surface area contributed by atoms with Crippen molar-refractivity contribution in [2.75, 3.05) is 6.61 Å². The molecule has 2 rings (SSSR count). The summed E-state index contributed by atoms with van der Waals surface area (Å²) in [5.41, 5.74) is -0.888. The number of rotatable bonds is 4.